The van der Waals surface area contributed by atoms with Crippen molar-refractivity contribution in [2.45, 2.75) is 12.8 Å². The number of rotatable bonds is 5. The lowest BCUT2D eigenvalue weighted by atomic mass is 10.2. The number of ether oxygens (including phenoxy) is 1. The highest BCUT2D eigenvalue weighted by Crippen LogP contribution is 2.13. The first-order chi connectivity index (χ1) is 6.76. The second-order valence-electron chi connectivity index (χ2n) is 3.22. The molecule has 0 saturated carbocycles. The molecule has 3 heteroatoms. The van der Waals surface area contributed by atoms with Gasteiger partial charge in [0.05, 0.1) is 0 Å². The van der Waals surface area contributed by atoms with Crippen molar-refractivity contribution in [3.63, 3.8) is 0 Å². The molecule has 0 aromatic heterocycles. The number of alkyl halides is 1. The lowest BCUT2D eigenvalue weighted by molar-refractivity contribution is 0.159. The van der Waals surface area contributed by atoms with Crippen molar-refractivity contribution >= 4 is 11.6 Å². The van der Waals surface area contributed by atoms with Crippen LogP contribution in [-0.4, -0.2) is 25.2 Å². The fourth-order valence-electron chi connectivity index (χ4n) is 0.951. The summed E-state index contributed by atoms with van der Waals surface area (Å²) >= 11 is 5.68. The van der Waals surface area contributed by atoms with Gasteiger partial charge in [0, 0.05) is 5.88 Å². The Hall–Kier alpha value is -0.730. The molecular weight excluding hydrogens is 198 g/mol. The summed E-state index contributed by atoms with van der Waals surface area (Å²) in [6, 6.07) is 7.85. The van der Waals surface area contributed by atoms with Gasteiger partial charge in [-0.15, -0.1) is 11.6 Å². The Morgan fingerprint density at radius 2 is 1.93 bits per heavy atom. The summed E-state index contributed by atoms with van der Waals surface area (Å²) < 4.78 is 5.54. The van der Waals surface area contributed by atoms with Crippen LogP contribution in [0.25, 0.3) is 0 Å². The molecule has 2 nitrogen and oxygen atoms in total. The molecule has 0 heterocycles. The molecule has 0 N–H and O–H groups in total. The molecule has 1 aromatic carbocycles. The first kappa shape index (κ1) is 11.3. The van der Waals surface area contributed by atoms with Crippen molar-refractivity contribution < 1.29 is 4.74 Å². The van der Waals surface area contributed by atoms with Crippen LogP contribution in [0.3, 0.4) is 0 Å². The third kappa shape index (κ3) is 3.56. The normalized spacial score (nSPS) is 10.6. The van der Waals surface area contributed by atoms with Crippen molar-refractivity contribution in [2.24, 2.45) is 0 Å². The zero-order valence-corrected chi connectivity index (χ0v) is 9.42. The standard InChI is InChI=1S/C11H16ClNO/c1-3-13(2)9-14-11-6-4-10(8-12)5-7-11/h4-7H,3,8-9H2,1-2H3. The molecule has 0 spiro atoms. The Kier molecular flexibility index (Phi) is 4.77. The molecular formula is C11H16ClNO. The highest BCUT2D eigenvalue weighted by molar-refractivity contribution is 6.17. The minimum Gasteiger partial charge on any atom is -0.478 e. The summed E-state index contributed by atoms with van der Waals surface area (Å²) in [5, 5.41) is 0. The lowest BCUT2D eigenvalue weighted by Gasteiger charge is -2.14. The zero-order chi connectivity index (χ0) is 10.4. The van der Waals surface area contributed by atoms with Gasteiger partial charge in [0.1, 0.15) is 12.5 Å². The van der Waals surface area contributed by atoms with E-state index in [0.717, 1.165) is 17.9 Å². The van der Waals surface area contributed by atoms with Crippen LogP contribution >= 0.6 is 11.6 Å². The van der Waals surface area contributed by atoms with E-state index in [-0.39, 0.29) is 0 Å². The van der Waals surface area contributed by atoms with E-state index in [1.807, 2.05) is 31.3 Å². The number of nitrogens with zero attached hydrogens (tertiary/aromatic N) is 1. The second kappa shape index (κ2) is 5.89. The maximum absolute atomic E-state index is 5.68. The average Bonchev–Trinajstić information content (AvgIpc) is 2.26. The van der Waals surface area contributed by atoms with Crippen LogP contribution in [0.5, 0.6) is 5.75 Å². The van der Waals surface area contributed by atoms with E-state index in [2.05, 4.69) is 11.8 Å². The molecule has 0 amide bonds. The molecule has 0 fully saturated rings. The van der Waals surface area contributed by atoms with Crippen molar-refractivity contribution in [2.75, 3.05) is 20.3 Å². The SMILES string of the molecule is CCN(C)COc1ccc(CCl)cc1. The quantitative estimate of drug-likeness (QED) is 0.551. The number of hydrogen-bond donors (Lipinski definition) is 0. The summed E-state index contributed by atoms with van der Waals surface area (Å²) in [6.07, 6.45) is 0. The number of benzene rings is 1. The van der Waals surface area contributed by atoms with E-state index in [1.165, 1.54) is 0 Å². The fourth-order valence-corrected chi connectivity index (χ4v) is 1.13. The monoisotopic (exact) mass is 213 g/mol. The van der Waals surface area contributed by atoms with Gasteiger partial charge in [-0.2, -0.15) is 0 Å². The van der Waals surface area contributed by atoms with Crippen molar-refractivity contribution in [3.05, 3.63) is 29.8 Å². The summed E-state index contributed by atoms with van der Waals surface area (Å²) in [6.45, 7) is 3.70. The van der Waals surface area contributed by atoms with E-state index in [0.29, 0.717) is 12.6 Å². The molecule has 0 unspecified atom stereocenters. The predicted octanol–water partition coefficient (Wildman–Crippen LogP) is 2.71. The van der Waals surface area contributed by atoms with Gasteiger partial charge in [0.15, 0.2) is 0 Å². The molecule has 14 heavy (non-hydrogen) atoms. The van der Waals surface area contributed by atoms with Crippen LogP contribution in [0.4, 0.5) is 0 Å². The third-order valence-corrected chi connectivity index (χ3v) is 2.38. The fraction of sp³-hybridized carbons (Fsp3) is 0.455. The molecule has 78 valence electrons. The van der Waals surface area contributed by atoms with Crippen molar-refractivity contribution in [1.29, 1.82) is 0 Å². The molecule has 0 aliphatic rings. The highest BCUT2D eigenvalue weighted by atomic mass is 35.5. The minimum atomic E-state index is 0.551. The summed E-state index contributed by atoms with van der Waals surface area (Å²) in [5.41, 5.74) is 1.11. The Morgan fingerprint density at radius 3 is 2.43 bits per heavy atom. The second-order valence-corrected chi connectivity index (χ2v) is 3.49. The van der Waals surface area contributed by atoms with Gasteiger partial charge >= 0.3 is 0 Å². The Morgan fingerprint density at radius 1 is 1.29 bits per heavy atom. The van der Waals surface area contributed by atoms with Gasteiger partial charge in [0.25, 0.3) is 0 Å². The first-order valence-corrected chi connectivity index (χ1v) is 5.26. The van der Waals surface area contributed by atoms with Gasteiger partial charge < -0.3 is 4.74 Å². The smallest absolute Gasteiger partial charge is 0.141 e. The van der Waals surface area contributed by atoms with E-state index in [4.69, 9.17) is 16.3 Å². The summed E-state index contributed by atoms with van der Waals surface area (Å²) in [7, 11) is 2.02. The van der Waals surface area contributed by atoms with Crippen LogP contribution in [0.2, 0.25) is 0 Å². The molecule has 0 atom stereocenters. The molecule has 0 radical (unpaired) electrons. The van der Waals surface area contributed by atoms with Crippen molar-refractivity contribution in [1.82, 2.24) is 4.90 Å². The summed E-state index contributed by atoms with van der Waals surface area (Å²) in [4.78, 5) is 2.09. The zero-order valence-electron chi connectivity index (χ0n) is 8.66. The van der Waals surface area contributed by atoms with Crippen LogP contribution in [-0.2, 0) is 5.88 Å². The topological polar surface area (TPSA) is 12.5 Å². The van der Waals surface area contributed by atoms with E-state index in [9.17, 15) is 0 Å². The van der Waals surface area contributed by atoms with Gasteiger partial charge in [-0.1, -0.05) is 19.1 Å². The predicted molar refractivity (Wildman–Crippen MR) is 59.8 cm³/mol. The van der Waals surface area contributed by atoms with E-state index >= 15 is 0 Å². The largest absolute Gasteiger partial charge is 0.478 e. The van der Waals surface area contributed by atoms with Gasteiger partial charge in [-0.3, -0.25) is 4.90 Å². The van der Waals surface area contributed by atoms with Gasteiger partial charge in [-0.25, -0.2) is 0 Å². The Labute approximate surface area is 90.4 Å². The first-order valence-electron chi connectivity index (χ1n) is 4.72. The van der Waals surface area contributed by atoms with E-state index in [1.54, 1.807) is 0 Å². The lowest BCUT2D eigenvalue weighted by Crippen LogP contribution is -2.22. The summed E-state index contributed by atoms with van der Waals surface area (Å²) in [5.74, 6) is 1.44. The molecule has 1 rings (SSSR count). The van der Waals surface area contributed by atoms with Gasteiger partial charge in [0.2, 0.25) is 0 Å². The van der Waals surface area contributed by atoms with Crippen LogP contribution < -0.4 is 4.74 Å². The van der Waals surface area contributed by atoms with Crippen LogP contribution in [0.15, 0.2) is 24.3 Å². The average molecular weight is 214 g/mol. The van der Waals surface area contributed by atoms with Crippen LogP contribution in [0, 0.1) is 0 Å². The Bertz CT molecular complexity index is 260. The molecule has 0 bridgehead atoms. The highest BCUT2D eigenvalue weighted by Gasteiger charge is 1.96. The third-order valence-electron chi connectivity index (χ3n) is 2.07. The maximum atomic E-state index is 5.68. The molecule has 0 aliphatic heterocycles. The number of halogens is 1. The van der Waals surface area contributed by atoms with Gasteiger partial charge in [-0.05, 0) is 31.3 Å². The van der Waals surface area contributed by atoms with Crippen molar-refractivity contribution in [3.8, 4) is 5.75 Å². The van der Waals surface area contributed by atoms with Crippen LogP contribution in [0.1, 0.15) is 12.5 Å². The number of hydrogen-bond acceptors (Lipinski definition) is 2. The minimum absolute atomic E-state index is 0.551. The molecule has 0 saturated heterocycles. The Balaban J connectivity index is 2.43. The van der Waals surface area contributed by atoms with E-state index < -0.39 is 0 Å². The molecule has 0 aliphatic carbocycles. The molecule has 1 aromatic rings. The maximum Gasteiger partial charge on any atom is 0.141 e.